The van der Waals surface area contributed by atoms with Gasteiger partial charge in [0, 0.05) is 18.9 Å². The Bertz CT molecular complexity index is 673. The number of carbonyl (C=O) groups is 2. The molecule has 2 aromatic rings. The third-order valence-corrected chi connectivity index (χ3v) is 3.38. The minimum absolute atomic E-state index is 0.0620. The first-order chi connectivity index (χ1) is 10.7. The van der Waals surface area contributed by atoms with E-state index in [0.717, 1.165) is 6.42 Å². The number of oxazole rings is 1. The van der Waals surface area contributed by atoms with E-state index in [9.17, 15) is 9.59 Å². The number of carbonyl (C=O) groups excluding carboxylic acids is 2. The maximum atomic E-state index is 12.3. The molecule has 1 aliphatic heterocycles. The van der Waals surface area contributed by atoms with Gasteiger partial charge >= 0.3 is 5.91 Å². The van der Waals surface area contributed by atoms with Crippen molar-refractivity contribution < 1.29 is 14.0 Å². The minimum atomic E-state index is -0.318. The van der Waals surface area contributed by atoms with Gasteiger partial charge in [-0.2, -0.15) is 0 Å². The smallest absolute Gasteiger partial charge is 0.307 e. The largest absolute Gasteiger partial charge is 0.435 e. The average Bonchev–Trinajstić information content (AvgIpc) is 3.11. The summed E-state index contributed by atoms with van der Waals surface area (Å²) in [5, 5.41) is 2.71. The lowest BCUT2D eigenvalue weighted by atomic mass is 10.2. The highest BCUT2D eigenvalue weighted by molar-refractivity contribution is 5.94. The number of nitrogens with zero attached hydrogens (tertiary/aromatic N) is 3. The summed E-state index contributed by atoms with van der Waals surface area (Å²) in [6.45, 7) is 3.21. The van der Waals surface area contributed by atoms with Gasteiger partial charge in [-0.05, 0) is 18.6 Å². The molecule has 1 N–H and O–H groups in total. The SMILES string of the molecule is CCCNC(=O)c1nc2c(o1)CN(C(=O)c1cccnc1)C2. The number of aromatic nitrogens is 2. The maximum absolute atomic E-state index is 12.3. The molecule has 0 saturated heterocycles. The van der Waals surface area contributed by atoms with Gasteiger partial charge in [0.1, 0.15) is 11.5 Å². The molecular formula is C15H16N4O3. The second-order valence-electron chi connectivity index (χ2n) is 5.05. The Morgan fingerprint density at radius 1 is 1.41 bits per heavy atom. The van der Waals surface area contributed by atoms with E-state index in [1.54, 1.807) is 23.2 Å². The van der Waals surface area contributed by atoms with Crippen molar-refractivity contribution in [3.8, 4) is 0 Å². The molecule has 0 saturated carbocycles. The summed E-state index contributed by atoms with van der Waals surface area (Å²) in [4.78, 5) is 33.8. The standard InChI is InChI=1S/C15H16N4O3/c1-2-5-17-13(20)14-18-11-8-19(9-12(11)22-14)15(21)10-4-3-6-16-7-10/h3-4,6-7H,2,5,8-9H2,1H3,(H,17,20). The van der Waals surface area contributed by atoms with Crippen molar-refractivity contribution in [3.05, 3.63) is 47.4 Å². The maximum Gasteiger partial charge on any atom is 0.307 e. The molecule has 0 aromatic carbocycles. The van der Waals surface area contributed by atoms with Gasteiger partial charge in [0.05, 0.1) is 18.7 Å². The van der Waals surface area contributed by atoms with Crippen LogP contribution in [0.2, 0.25) is 0 Å². The predicted molar refractivity (Wildman–Crippen MR) is 76.9 cm³/mol. The van der Waals surface area contributed by atoms with E-state index in [-0.39, 0.29) is 17.7 Å². The molecule has 7 nitrogen and oxygen atoms in total. The summed E-state index contributed by atoms with van der Waals surface area (Å²) in [6.07, 6.45) is 3.99. The Labute approximate surface area is 127 Å². The molecule has 0 bridgehead atoms. The number of fused-ring (bicyclic) bond motifs is 1. The first-order valence-electron chi connectivity index (χ1n) is 7.15. The zero-order valence-electron chi connectivity index (χ0n) is 12.2. The molecule has 0 spiro atoms. The van der Waals surface area contributed by atoms with Crippen molar-refractivity contribution in [2.75, 3.05) is 6.54 Å². The first-order valence-corrected chi connectivity index (χ1v) is 7.15. The van der Waals surface area contributed by atoms with Gasteiger partial charge in [0.15, 0.2) is 0 Å². The topological polar surface area (TPSA) is 88.3 Å². The molecule has 3 rings (SSSR count). The second-order valence-corrected chi connectivity index (χ2v) is 5.05. The van der Waals surface area contributed by atoms with Crippen LogP contribution in [0, 0.1) is 0 Å². The molecule has 2 amide bonds. The van der Waals surface area contributed by atoms with Gasteiger partial charge in [-0.15, -0.1) is 0 Å². The molecule has 22 heavy (non-hydrogen) atoms. The summed E-state index contributed by atoms with van der Waals surface area (Å²) in [7, 11) is 0. The number of hydrogen-bond acceptors (Lipinski definition) is 5. The molecule has 3 heterocycles. The zero-order valence-corrected chi connectivity index (χ0v) is 12.2. The summed E-state index contributed by atoms with van der Waals surface area (Å²) >= 11 is 0. The summed E-state index contributed by atoms with van der Waals surface area (Å²) in [6, 6.07) is 3.43. The predicted octanol–water partition coefficient (Wildman–Crippen LogP) is 1.37. The average molecular weight is 300 g/mol. The van der Waals surface area contributed by atoms with Crippen molar-refractivity contribution >= 4 is 11.8 Å². The molecule has 2 aromatic heterocycles. The summed E-state index contributed by atoms with van der Waals surface area (Å²) in [5.74, 6) is 0.186. The van der Waals surface area contributed by atoms with E-state index in [1.165, 1.54) is 6.20 Å². The Kier molecular flexibility index (Phi) is 3.86. The van der Waals surface area contributed by atoms with Crippen LogP contribution < -0.4 is 5.32 Å². The van der Waals surface area contributed by atoms with E-state index < -0.39 is 0 Å². The lowest BCUT2D eigenvalue weighted by Crippen LogP contribution is -2.27. The first kappa shape index (κ1) is 14.2. The monoisotopic (exact) mass is 300 g/mol. The van der Waals surface area contributed by atoms with Gasteiger partial charge in [-0.1, -0.05) is 6.92 Å². The fraction of sp³-hybridized carbons (Fsp3) is 0.333. The molecule has 0 atom stereocenters. The molecular weight excluding hydrogens is 284 g/mol. The Hall–Kier alpha value is -2.70. The summed E-state index contributed by atoms with van der Waals surface area (Å²) < 4.78 is 5.47. The number of hydrogen-bond donors (Lipinski definition) is 1. The number of pyridine rings is 1. The van der Waals surface area contributed by atoms with E-state index in [0.29, 0.717) is 36.7 Å². The Morgan fingerprint density at radius 2 is 2.27 bits per heavy atom. The van der Waals surface area contributed by atoms with Crippen LogP contribution in [0.15, 0.2) is 28.9 Å². The summed E-state index contributed by atoms with van der Waals surface area (Å²) in [5.41, 5.74) is 1.16. The molecule has 0 unspecified atom stereocenters. The number of rotatable bonds is 4. The third kappa shape index (κ3) is 2.69. The van der Waals surface area contributed by atoms with Crippen LogP contribution in [-0.4, -0.2) is 33.2 Å². The van der Waals surface area contributed by atoms with E-state index in [4.69, 9.17) is 4.42 Å². The fourth-order valence-corrected chi connectivity index (χ4v) is 2.27. The second kappa shape index (κ2) is 5.97. The van der Waals surface area contributed by atoms with E-state index in [1.807, 2.05) is 6.92 Å². The van der Waals surface area contributed by atoms with Crippen LogP contribution in [-0.2, 0) is 13.1 Å². The van der Waals surface area contributed by atoms with Crippen molar-refractivity contribution in [1.29, 1.82) is 0 Å². The van der Waals surface area contributed by atoms with Gasteiger partial charge < -0.3 is 14.6 Å². The Balaban J connectivity index is 1.68. The number of amides is 2. The van der Waals surface area contributed by atoms with E-state index >= 15 is 0 Å². The van der Waals surface area contributed by atoms with Crippen molar-refractivity contribution in [2.24, 2.45) is 0 Å². The molecule has 0 fully saturated rings. The lowest BCUT2D eigenvalue weighted by molar-refractivity contribution is 0.0740. The molecule has 0 radical (unpaired) electrons. The quantitative estimate of drug-likeness (QED) is 0.921. The highest BCUT2D eigenvalue weighted by Gasteiger charge is 2.30. The van der Waals surface area contributed by atoms with Gasteiger partial charge in [0.2, 0.25) is 0 Å². The van der Waals surface area contributed by atoms with Crippen LogP contribution in [0.5, 0.6) is 0 Å². The molecule has 7 heteroatoms. The number of nitrogens with one attached hydrogen (secondary N) is 1. The Morgan fingerprint density at radius 3 is 2.95 bits per heavy atom. The lowest BCUT2D eigenvalue weighted by Gasteiger charge is -2.14. The fourth-order valence-electron chi connectivity index (χ4n) is 2.27. The van der Waals surface area contributed by atoms with Crippen LogP contribution in [0.4, 0.5) is 0 Å². The van der Waals surface area contributed by atoms with Crippen molar-refractivity contribution in [2.45, 2.75) is 26.4 Å². The van der Waals surface area contributed by atoms with Gasteiger partial charge in [-0.25, -0.2) is 4.98 Å². The van der Waals surface area contributed by atoms with E-state index in [2.05, 4.69) is 15.3 Å². The van der Waals surface area contributed by atoms with Crippen molar-refractivity contribution in [1.82, 2.24) is 20.2 Å². The van der Waals surface area contributed by atoms with Crippen LogP contribution in [0.3, 0.4) is 0 Å². The highest BCUT2D eigenvalue weighted by Crippen LogP contribution is 2.24. The zero-order chi connectivity index (χ0) is 15.5. The minimum Gasteiger partial charge on any atom is -0.435 e. The molecule has 114 valence electrons. The molecule has 0 aliphatic carbocycles. The third-order valence-electron chi connectivity index (χ3n) is 3.38. The van der Waals surface area contributed by atoms with Gasteiger partial charge in [-0.3, -0.25) is 14.6 Å². The van der Waals surface area contributed by atoms with Crippen LogP contribution in [0.1, 0.15) is 45.8 Å². The van der Waals surface area contributed by atoms with Crippen LogP contribution in [0.25, 0.3) is 0 Å². The normalized spacial score (nSPS) is 13.0. The van der Waals surface area contributed by atoms with Crippen molar-refractivity contribution in [3.63, 3.8) is 0 Å². The van der Waals surface area contributed by atoms with Crippen LogP contribution >= 0.6 is 0 Å². The molecule has 1 aliphatic rings. The van der Waals surface area contributed by atoms with Gasteiger partial charge in [0.25, 0.3) is 11.8 Å². The highest BCUT2D eigenvalue weighted by atomic mass is 16.4.